The van der Waals surface area contributed by atoms with Gasteiger partial charge in [-0.15, -0.1) is 0 Å². The summed E-state index contributed by atoms with van der Waals surface area (Å²) in [5.74, 6) is 1.35. The van der Waals surface area contributed by atoms with E-state index in [2.05, 4.69) is 0 Å². The molecule has 0 saturated carbocycles. The Kier molecular flexibility index (Phi) is 5.40. The van der Waals surface area contributed by atoms with E-state index in [1.807, 2.05) is 24.3 Å². The monoisotopic (exact) mass is 288 g/mol. The van der Waals surface area contributed by atoms with E-state index in [9.17, 15) is 4.79 Å². The molecule has 0 atom stereocenters. The zero-order valence-corrected chi connectivity index (χ0v) is 12.1. The van der Waals surface area contributed by atoms with Gasteiger partial charge in [-0.25, -0.2) is 0 Å². The second-order valence-electron chi connectivity index (χ2n) is 4.60. The van der Waals surface area contributed by atoms with E-state index in [0.717, 1.165) is 12.0 Å². The average Bonchev–Trinajstić information content (AvgIpc) is 2.50. The highest BCUT2D eigenvalue weighted by Crippen LogP contribution is 2.28. The summed E-state index contributed by atoms with van der Waals surface area (Å²) in [4.78, 5) is 11.6. The molecule has 1 heterocycles. The molecule has 0 aliphatic heterocycles. The van der Waals surface area contributed by atoms with Gasteiger partial charge < -0.3 is 19.8 Å². The van der Waals surface area contributed by atoms with Gasteiger partial charge in [-0.2, -0.15) is 0 Å². The lowest BCUT2D eigenvalue weighted by molar-refractivity contribution is 0.278. The van der Waals surface area contributed by atoms with E-state index in [0.29, 0.717) is 31.2 Å². The first-order valence-corrected chi connectivity index (χ1v) is 6.90. The number of nitrogens with zero attached hydrogens (tertiary/aromatic N) is 1. The van der Waals surface area contributed by atoms with Crippen LogP contribution >= 0.6 is 0 Å². The van der Waals surface area contributed by atoms with Crippen LogP contribution < -0.4 is 20.8 Å². The Morgan fingerprint density at radius 2 is 2.05 bits per heavy atom. The molecule has 0 fully saturated rings. The Morgan fingerprint density at radius 1 is 1.19 bits per heavy atom. The molecule has 0 radical (unpaired) electrons. The van der Waals surface area contributed by atoms with Crippen LogP contribution in [0.3, 0.4) is 0 Å². The zero-order chi connectivity index (χ0) is 15.1. The number of ether oxygens (including phenoxy) is 2. The summed E-state index contributed by atoms with van der Waals surface area (Å²) in [6, 6.07) is 10.8. The molecule has 1 aromatic heterocycles. The Labute approximate surface area is 123 Å². The normalized spacial score (nSPS) is 10.4. The second-order valence-corrected chi connectivity index (χ2v) is 4.60. The lowest BCUT2D eigenvalue weighted by Crippen LogP contribution is -2.21. The third-order valence-corrected chi connectivity index (χ3v) is 3.15. The predicted molar refractivity (Wildman–Crippen MR) is 81.9 cm³/mol. The van der Waals surface area contributed by atoms with Crippen LogP contribution in [0, 0.1) is 0 Å². The summed E-state index contributed by atoms with van der Waals surface area (Å²) in [5.41, 5.74) is 6.63. The first kappa shape index (κ1) is 15.1. The van der Waals surface area contributed by atoms with E-state index in [1.165, 1.54) is 6.07 Å². The molecule has 5 heteroatoms. The molecule has 0 spiro atoms. The first-order valence-electron chi connectivity index (χ1n) is 6.90. The third kappa shape index (κ3) is 4.10. The molecule has 112 valence electrons. The quantitative estimate of drug-likeness (QED) is 0.837. The zero-order valence-electron chi connectivity index (χ0n) is 12.1. The molecule has 21 heavy (non-hydrogen) atoms. The SMILES string of the molecule is COc1ccc(CCN)cc1OCCn1ccccc1=O. The lowest BCUT2D eigenvalue weighted by Gasteiger charge is -2.13. The van der Waals surface area contributed by atoms with Crippen molar-refractivity contribution in [3.63, 3.8) is 0 Å². The summed E-state index contributed by atoms with van der Waals surface area (Å²) in [7, 11) is 1.60. The number of nitrogens with two attached hydrogens (primary N) is 1. The van der Waals surface area contributed by atoms with Crippen molar-refractivity contribution in [2.24, 2.45) is 5.73 Å². The van der Waals surface area contributed by atoms with Crippen molar-refractivity contribution in [3.8, 4) is 11.5 Å². The fourth-order valence-corrected chi connectivity index (χ4v) is 2.06. The van der Waals surface area contributed by atoms with Gasteiger partial charge in [-0.3, -0.25) is 4.79 Å². The second kappa shape index (κ2) is 7.50. The molecular formula is C16H20N2O3. The van der Waals surface area contributed by atoms with Crippen LogP contribution in [-0.2, 0) is 13.0 Å². The molecule has 0 aliphatic carbocycles. The summed E-state index contributed by atoms with van der Waals surface area (Å²) in [6.07, 6.45) is 2.53. The van der Waals surface area contributed by atoms with Gasteiger partial charge in [-0.1, -0.05) is 12.1 Å². The molecule has 0 unspecified atom stereocenters. The Balaban J connectivity index is 2.03. The van der Waals surface area contributed by atoms with Crippen LogP contribution in [-0.4, -0.2) is 24.8 Å². The Hall–Kier alpha value is -2.27. The molecule has 0 bridgehead atoms. The van der Waals surface area contributed by atoms with Crippen LogP contribution in [0.5, 0.6) is 11.5 Å². The summed E-state index contributed by atoms with van der Waals surface area (Å²) < 4.78 is 12.6. The van der Waals surface area contributed by atoms with Crippen molar-refractivity contribution in [3.05, 3.63) is 58.5 Å². The van der Waals surface area contributed by atoms with E-state index >= 15 is 0 Å². The van der Waals surface area contributed by atoms with Crippen molar-refractivity contribution >= 4 is 0 Å². The van der Waals surface area contributed by atoms with E-state index in [4.69, 9.17) is 15.2 Å². The summed E-state index contributed by atoms with van der Waals surface area (Å²) in [5, 5.41) is 0. The van der Waals surface area contributed by atoms with Gasteiger partial charge in [-0.05, 0) is 36.7 Å². The summed E-state index contributed by atoms with van der Waals surface area (Å²) in [6.45, 7) is 1.47. The van der Waals surface area contributed by atoms with Crippen molar-refractivity contribution in [1.82, 2.24) is 4.57 Å². The van der Waals surface area contributed by atoms with Gasteiger partial charge in [0.1, 0.15) is 6.61 Å². The highest BCUT2D eigenvalue weighted by molar-refractivity contribution is 5.43. The number of hydrogen-bond donors (Lipinski definition) is 1. The van der Waals surface area contributed by atoms with Crippen LogP contribution in [0.1, 0.15) is 5.56 Å². The van der Waals surface area contributed by atoms with E-state index < -0.39 is 0 Å². The highest BCUT2D eigenvalue weighted by atomic mass is 16.5. The largest absolute Gasteiger partial charge is 0.493 e. The number of hydrogen-bond acceptors (Lipinski definition) is 4. The van der Waals surface area contributed by atoms with Gasteiger partial charge in [0.2, 0.25) is 0 Å². The van der Waals surface area contributed by atoms with Crippen LogP contribution in [0.4, 0.5) is 0 Å². The van der Waals surface area contributed by atoms with E-state index in [1.54, 1.807) is 23.9 Å². The molecule has 5 nitrogen and oxygen atoms in total. The topological polar surface area (TPSA) is 66.5 Å². The molecule has 1 aromatic carbocycles. The van der Waals surface area contributed by atoms with Gasteiger partial charge >= 0.3 is 0 Å². The van der Waals surface area contributed by atoms with Gasteiger partial charge in [0.15, 0.2) is 11.5 Å². The molecule has 2 aromatic rings. The van der Waals surface area contributed by atoms with Crippen molar-refractivity contribution in [2.75, 3.05) is 20.3 Å². The highest BCUT2D eigenvalue weighted by Gasteiger charge is 2.06. The van der Waals surface area contributed by atoms with Crippen LogP contribution in [0.2, 0.25) is 0 Å². The predicted octanol–water partition coefficient (Wildman–Crippen LogP) is 1.44. The van der Waals surface area contributed by atoms with Gasteiger partial charge in [0.05, 0.1) is 13.7 Å². The minimum atomic E-state index is -0.0371. The van der Waals surface area contributed by atoms with Crippen LogP contribution in [0.15, 0.2) is 47.4 Å². The minimum absolute atomic E-state index is 0.0371. The maximum atomic E-state index is 11.6. The van der Waals surface area contributed by atoms with E-state index in [-0.39, 0.29) is 5.56 Å². The maximum Gasteiger partial charge on any atom is 0.250 e. The van der Waals surface area contributed by atoms with Crippen LogP contribution in [0.25, 0.3) is 0 Å². The van der Waals surface area contributed by atoms with Crippen molar-refractivity contribution in [1.29, 1.82) is 0 Å². The standard InChI is InChI=1S/C16H20N2O3/c1-20-14-6-5-13(7-8-17)12-15(14)21-11-10-18-9-3-2-4-16(18)19/h2-6,9,12H,7-8,10-11,17H2,1H3. The number of methoxy groups -OCH3 is 1. The molecular weight excluding hydrogens is 268 g/mol. The molecule has 2 rings (SSSR count). The third-order valence-electron chi connectivity index (χ3n) is 3.15. The number of benzene rings is 1. The fraction of sp³-hybridized carbons (Fsp3) is 0.312. The molecule has 0 aliphatic rings. The maximum absolute atomic E-state index is 11.6. The Morgan fingerprint density at radius 3 is 2.76 bits per heavy atom. The number of aromatic nitrogens is 1. The van der Waals surface area contributed by atoms with Crippen molar-refractivity contribution < 1.29 is 9.47 Å². The van der Waals surface area contributed by atoms with Crippen molar-refractivity contribution in [2.45, 2.75) is 13.0 Å². The smallest absolute Gasteiger partial charge is 0.250 e. The average molecular weight is 288 g/mol. The number of pyridine rings is 1. The van der Waals surface area contributed by atoms with Gasteiger partial charge in [0.25, 0.3) is 5.56 Å². The van der Waals surface area contributed by atoms with Gasteiger partial charge in [0, 0.05) is 12.3 Å². The Bertz CT molecular complexity index is 637. The lowest BCUT2D eigenvalue weighted by atomic mass is 10.1. The summed E-state index contributed by atoms with van der Waals surface area (Å²) >= 11 is 0. The molecule has 0 amide bonds. The molecule has 0 saturated heterocycles. The molecule has 2 N–H and O–H groups in total. The number of rotatable bonds is 7. The fourth-order valence-electron chi connectivity index (χ4n) is 2.06. The minimum Gasteiger partial charge on any atom is -0.493 e. The first-order chi connectivity index (χ1) is 10.2.